The molecule has 1 amide bonds. The van der Waals surface area contributed by atoms with Gasteiger partial charge < -0.3 is 30.4 Å². The third-order valence-corrected chi connectivity index (χ3v) is 7.05. The van der Waals surface area contributed by atoms with Gasteiger partial charge in [-0.3, -0.25) is 14.0 Å². The topological polar surface area (TPSA) is 139 Å². The molecule has 1 unspecified atom stereocenters. The van der Waals surface area contributed by atoms with Crippen molar-refractivity contribution in [1.82, 2.24) is 10.3 Å². The van der Waals surface area contributed by atoms with Crippen LogP contribution in [0.4, 0.5) is 11.4 Å². The Bertz CT molecular complexity index is 1510. The van der Waals surface area contributed by atoms with Gasteiger partial charge in [0.2, 0.25) is 0 Å². The van der Waals surface area contributed by atoms with Gasteiger partial charge in [0, 0.05) is 42.2 Å². The molecule has 0 radical (unpaired) electrons. The van der Waals surface area contributed by atoms with Crippen molar-refractivity contribution in [3.63, 3.8) is 0 Å². The van der Waals surface area contributed by atoms with Crippen molar-refractivity contribution in [1.29, 1.82) is 0 Å². The third kappa shape index (κ3) is 6.54. The highest BCUT2D eigenvalue weighted by Crippen LogP contribution is 2.37. The van der Waals surface area contributed by atoms with Gasteiger partial charge in [-0.05, 0) is 40.8 Å². The normalized spacial score (nSPS) is 11.8. The van der Waals surface area contributed by atoms with Crippen LogP contribution >= 0.6 is 0 Å². The Morgan fingerprint density at radius 1 is 1.03 bits per heavy atom. The van der Waals surface area contributed by atoms with Crippen LogP contribution in [0.3, 0.4) is 0 Å². The number of hydrogen-bond acceptors (Lipinski definition) is 8. The van der Waals surface area contributed by atoms with Crippen molar-refractivity contribution in [3.05, 3.63) is 88.6 Å². The van der Waals surface area contributed by atoms with Gasteiger partial charge in [0.15, 0.2) is 11.5 Å². The van der Waals surface area contributed by atoms with Gasteiger partial charge in [0.05, 0.1) is 31.0 Å². The molecule has 0 aliphatic rings. The summed E-state index contributed by atoms with van der Waals surface area (Å²) < 4.78 is 32.7. The highest BCUT2D eigenvalue weighted by atomic mass is 32.2. The molecule has 10 heteroatoms. The maximum absolute atomic E-state index is 12.3. The van der Waals surface area contributed by atoms with Crippen LogP contribution < -0.4 is 25.8 Å². The van der Waals surface area contributed by atoms with E-state index in [0.29, 0.717) is 41.2 Å². The summed E-state index contributed by atoms with van der Waals surface area (Å²) in [6.45, 7) is 3.33. The van der Waals surface area contributed by atoms with Gasteiger partial charge in [-0.2, -0.15) is 0 Å². The number of anilines is 2. The predicted octanol–water partition coefficient (Wildman–Crippen LogP) is 4.33. The van der Waals surface area contributed by atoms with E-state index in [-0.39, 0.29) is 11.3 Å². The molecule has 4 N–H and O–H groups in total. The van der Waals surface area contributed by atoms with Gasteiger partial charge in [-0.25, -0.2) is 0 Å². The van der Waals surface area contributed by atoms with Gasteiger partial charge in [-0.1, -0.05) is 54.4 Å². The zero-order valence-electron chi connectivity index (χ0n) is 22.1. The molecule has 1 atom stereocenters. The molecule has 39 heavy (non-hydrogen) atoms. The second kappa shape index (κ2) is 12.7. The van der Waals surface area contributed by atoms with Crippen LogP contribution in [0.15, 0.2) is 60.8 Å². The number of carbonyl (C=O) groups is 1. The van der Waals surface area contributed by atoms with E-state index in [9.17, 15) is 13.6 Å². The first kappa shape index (κ1) is 28.0. The van der Waals surface area contributed by atoms with Crippen LogP contribution in [0, 0.1) is 0 Å². The minimum Gasteiger partial charge on any atom is -0.772 e. The van der Waals surface area contributed by atoms with Crippen molar-refractivity contribution in [2.45, 2.75) is 32.2 Å². The summed E-state index contributed by atoms with van der Waals surface area (Å²) >= 11 is -2.10. The number of fused-ring (bicyclic) bond motifs is 1. The molecule has 1 heterocycles. The molecular weight excluding hydrogens is 516 g/mol. The van der Waals surface area contributed by atoms with Crippen LogP contribution in [0.25, 0.3) is 10.9 Å². The Hall–Kier alpha value is -3.99. The van der Waals surface area contributed by atoms with E-state index in [0.717, 1.165) is 34.4 Å². The number of primary amides is 1. The summed E-state index contributed by atoms with van der Waals surface area (Å²) in [5.41, 5.74) is 12.0. The first-order valence-electron chi connectivity index (χ1n) is 12.4. The van der Waals surface area contributed by atoms with Crippen LogP contribution in [-0.4, -0.2) is 33.9 Å². The number of methoxy groups -OCH3 is 2. The second-order valence-corrected chi connectivity index (χ2v) is 9.82. The predicted molar refractivity (Wildman–Crippen MR) is 152 cm³/mol. The van der Waals surface area contributed by atoms with Crippen molar-refractivity contribution in [2.24, 2.45) is 5.73 Å². The van der Waals surface area contributed by atoms with Crippen LogP contribution in [0.2, 0.25) is 0 Å². The van der Waals surface area contributed by atoms with Crippen LogP contribution in [-0.2, 0) is 36.3 Å². The highest BCUT2D eigenvalue weighted by Gasteiger charge is 2.18. The molecule has 204 valence electrons. The first-order valence-corrected chi connectivity index (χ1v) is 13.7. The number of hydrogen-bond donors (Lipinski definition) is 3. The van der Waals surface area contributed by atoms with E-state index in [2.05, 4.69) is 28.6 Å². The van der Waals surface area contributed by atoms with E-state index in [4.69, 9.17) is 15.2 Å². The first-order chi connectivity index (χ1) is 18.8. The average Bonchev–Trinajstić information content (AvgIpc) is 2.93. The molecule has 0 spiro atoms. The summed E-state index contributed by atoms with van der Waals surface area (Å²) in [5, 5.41) is 7.61. The van der Waals surface area contributed by atoms with Crippen molar-refractivity contribution < 1.29 is 23.0 Å². The summed E-state index contributed by atoms with van der Waals surface area (Å²) in [6, 6.07) is 17.1. The molecule has 4 rings (SSSR count). The minimum absolute atomic E-state index is 0.0118. The summed E-state index contributed by atoms with van der Waals surface area (Å²) in [5.74, 6) is 0.467. The number of carbonyl (C=O) groups excluding carboxylic acids is 1. The summed E-state index contributed by atoms with van der Waals surface area (Å²) in [7, 11) is 3.11. The number of aromatic nitrogens is 1. The number of pyridine rings is 1. The zero-order valence-corrected chi connectivity index (χ0v) is 22.9. The smallest absolute Gasteiger partial charge is 0.252 e. The number of nitrogens with one attached hydrogen (secondary N) is 2. The quantitative estimate of drug-likeness (QED) is 0.223. The maximum Gasteiger partial charge on any atom is 0.252 e. The Balaban J connectivity index is 1.61. The lowest BCUT2D eigenvalue weighted by molar-refractivity contribution is 0.100. The molecule has 0 aliphatic heterocycles. The van der Waals surface area contributed by atoms with E-state index >= 15 is 0 Å². The van der Waals surface area contributed by atoms with Crippen molar-refractivity contribution >= 4 is 39.3 Å². The number of ether oxygens (including phenoxy) is 2. The Kier molecular flexibility index (Phi) is 9.13. The van der Waals surface area contributed by atoms with Gasteiger partial charge in [0.1, 0.15) is 0 Å². The molecule has 4 aromatic rings. The number of benzene rings is 3. The fraction of sp³-hybridized carbons (Fsp3) is 0.241. The molecular formula is C29H31N4O5S-. The SMILES string of the molecule is CCc1c(CNCc2ccc(CS(=O)[O-])cc2)cccc1Nc1c(C(N)=O)cnc2cc(OC)c(OC)cc12. The average molecular weight is 548 g/mol. The van der Waals surface area contributed by atoms with Crippen molar-refractivity contribution in [2.75, 3.05) is 19.5 Å². The molecule has 0 fully saturated rings. The maximum atomic E-state index is 12.3. The number of rotatable bonds is 12. The third-order valence-electron chi connectivity index (χ3n) is 6.48. The number of amides is 1. The highest BCUT2D eigenvalue weighted by molar-refractivity contribution is 7.78. The zero-order chi connectivity index (χ0) is 27.9. The molecule has 3 aromatic carbocycles. The molecule has 0 aliphatic carbocycles. The fourth-order valence-electron chi connectivity index (χ4n) is 4.54. The Labute approximate surface area is 230 Å². The number of nitrogens with zero attached hydrogens (tertiary/aromatic N) is 1. The largest absolute Gasteiger partial charge is 0.772 e. The molecule has 1 aromatic heterocycles. The fourth-order valence-corrected chi connectivity index (χ4v) is 5.01. The van der Waals surface area contributed by atoms with E-state index < -0.39 is 17.0 Å². The monoisotopic (exact) mass is 547 g/mol. The Morgan fingerprint density at radius 2 is 1.72 bits per heavy atom. The number of nitrogens with two attached hydrogens (primary N) is 1. The lowest BCUT2D eigenvalue weighted by atomic mass is 10.0. The molecule has 9 nitrogen and oxygen atoms in total. The summed E-state index contributed by atoms with van der Waals surface area (Å²) in [6.07, 6.45) is 2.23. The Morgan fingerprint density at radius 3 is 2.36 bits per heavy atom. The lowest BCUT2D eigenvalue weighted by Crippen LogP contribution is -2.16. The van der Waals surface area contributed by atoms with E-state index in [1.807, 2.05) is 36.4 Å². The van der Waals surface area contributed by atoms with Crippen LogP contribution in [0.1, 0.15) is 39.5 Å². The second-order valence-electron chi connectivity index (χ2n) is 8.93. The van der Waals surface area contributed by atoms with E-state index in [1.165, 1.54) is 6.20 Å². The molecule has 0 saturated carbocycles. The molecule has 0 bridgehead atoms. The van der Waals surface area contributed by atoms with Crippen molar-refractivity contribution in [3.8, 4) is 11.5 Å². The van der Waals surface area contributed by atoms with E-state index in [1.54, 1.807) is 26.4 Å². The minimum atomic E-state index is -2.10. The van der Waals surface area contributed by atoms with Gasteiger partial charge in [0.25, 0.3) is 5.91 Å². The lowest BCUT2D eigenvalue weighted by Gasteiger charge is -2.19. The van der Waals surface area contributed by atoms with Crippen LogP contribution in [0.5, 0.6) is 11.5 Å². The van der Waals surface area contributed by atoms with Gasteiger partial charge >= 0.3 is 0 Å². The standard InChI is InChI=1S/C29H32N4O5S/c1-4-21-20(15-31-14-18-8-10-19(11-9-18)17-39(35)36)6-5-7-24(21)33-28-22-12-26(37-2)27(38-3)13-25(22)32-16-23(28)29(30)34/h5-13,16,31H,4,14-15,17H2,1-3H3,(H2,30,34)(H,32,33)(H,35,36)/p-1. The molecule has 0 saturated heterocycles. The van der Waals surface area contributed by atoms with Gasteiger partial charge in [-0.15, -0.1) is 0 Å². The summed E-state index contributed by atoms with van der Waals surface area (Å²) in [4.78, 5) is 16.8.